The van der Waals surface area contributed by atoms with Crippen molar-refractivity contribution in [3.8, 4) is 0 Å². The van der Waals surface area contributed by atoms with Crippen molar-refractivity contribution in [3.63, 3.8) is 0 Å². The number of hydrogen-bond acceptors (Lipinski definition) is 7. The molecule has 0 bridgehead atoms. The Morgan fingerprint density at radius 2 is 2.00 bits per heavy atom. The number of carbonyl (C=O) groups excluding carboxylic acids is 2. The van der Waals surface area contributed by atoms with Crippen molar-refractivity contribution in [3.05, 3.63) is 22.2 Å². The second-order valence-corrected chi connectivity index (χ2v) is 7.45. The molecule has 144 valence electrons. The van der Waals surface area contributed by atoms with E-state index in [4.69, 9.17) is 4.74 Å². The van der Waals surface area contributed by atoms with Crippen LogP contribution in [0.4, 0.5) is 14.5 Å². The number of amides is 1. The number of ether oxygens (including phenoxy) is 1. The summed E-state index contributed by atoms with van der Waals surface area (Å²) >= 11 is -0.202. The molecule has 1 amide bonds. The van der Waals surface area contributed by atoms with Crippen LogP contribution >= 0.6 is 12.3 Å². The van der Waals surface area contributed by atoms with Crippen molar-refractivity contribution in [2.45, 2.75) is 39.2 Å². The number of piperazine rings is 1. The molecule has 1 aliphatic rings. The third-order valence-electron chi connectivity index (χ3n) is 3.73. The number of rotatable bonds is 5. The summed E-state index contributed by atoms with van der Waals surface area (Å²) in [5.74, 6) is 0.127. The zero-order valence-corrected chi connectivity index (χ0v) is 15.9. The van der Waals surface area contributed by atoms with E-state index in [1.807, 2.05) is 0 Å². The number of aromatic nitrogens is 2. The van der Waals surface area contributed by atoms with E-state index in [0.29, 0.717) is 38.3 Å². The Kier molecular flexibility index (Phi) is 6.63. The third kappa shape index (κ3) is 5.20. The highest BCUT2D eigenvalue weighted by atomic mass is 32.2. The number of aryl methyl sites for hydroxylation is 1. The van der Waals surface area contributed by atoms with Gasteiger partial charge >= 0.3 is 11.7 Å². The topological polar surface area (TPSA) is 84.7 Å². The Labute approximate surface area is 155 Å². The zero-order valence-electron chi connectivity index (χ0n) is 15.1. The van der Waals surface area contributed by atoms with E-state index < -0.39 is 17.3 Å². The van der Waals surface area contributed by atoms with Crippen LogP contribution in [0.1, 0.15) is 32.9 Å². The highest BCUT2D eigenvalue weighted by molar-refractivity contribution is 7.92. The lowest BCUT2D eigenvalue weighted by Crippen LogP contribution is -2.51. The number of carbonyl (C=O) groups is 2. The molecule has 1 fully saturated rings. The van der Waals surface area contributed by atoms with Gasteiger partial charge in [-0.2, -0.15) is 0 Å². The van der Waals surface area contributed by atoms with Crippen molar-refractivity contribution in [1.29, 1.82) is 0 Å². The number of hydrogen-bond donors (Lipinski definition) is 0. The van der Waals surface area contributed by atoms with Crippen molar-refractivity contribution < 1.29 is 18.2 Å². The van der Waals surface area contributed by atoms with Gasteiger partial charge in [-0.25, -0.2) is 13.8 Å². The van der Waals surface area contributed by atoms with Gasteiger partial charge in [-0.15, -0.1) is 3.89 Å². The minimum atomic E-state index is -0.575. The molecule has 0 spiro atoms. The predicted molar refractivity (Wildman–Crippen MR) is 97.0 cm³/mol. The summed E-state index contributed by atoms with van der Waals surface area (Å²) in [5, 5.41) is 0. The molecule has 1 aromatic heterocycles. The Hall–Kier alpha value is -2.10. The maximum absolute atomic E-state index is 13.1. The van der Waals surface area contributed by atoms with Gasteiger partial charge in [0.05, 0.1) is 5.69 Å². The lowest BCUT2D eigenvalue weighted by molar-refractivity contribution is -0.107. The number of halogens is 1. The number of nitrogens with zero attached hydrogens (tertiary/aromatic N) is 4. The van der Waals surface area contributed by atoms with Gasteiger partial charge in [0.1, 0.15) is 11.9 Å². The maximum atomic E-state index is 13.1. The van der Waals surface area contributed by atoms with Gasteiger partial charge < -0.3 is 19.3 Å². The van der Waals surface area contributed by atoms with E-state index in [-0.39, 0.29) is 24.6 Å². The zero-order chi connectivity index (χ0) is 19.3. The fraction of sp³-hybridized carbons (Fsp3) is 0.625. The van der Waals surface area contributed by atoms with Crippen molar-refractivity contribution in [2.24, 2.45) is 0 Å². The van der Waals surface area contributed by atoms with E-state index >= 15 is 0 Å². The second-order valence-electron chi connectivity index (χ2n) is 6.92. The van der Waals surface area contributed by atoms with E-state index in [0.717, 1.165) is 10.3 Å². The average Bonchev–Trinajstić information content (AvgIpc) is 2.59. The average molecular weight is 386 g/mol. The van der Waals surface area contributed by atoms with Crippen LogP contribution in [0.3, 0.4) is 0 Å². The quantitative estimate of drug-likeness (QED) is 0.714. The van der Waals surface area contributed by atoms with E-state index in [2.05, 4.69) is 4.98 Å². The smallest absolute Gasteiger partial charge is 0.410 e. The van der Waals surface area contributed by atoms with Crippen molar-refractivity contribution >= 4 is 30.5 Å². The minimum absolute atomic E-state index is 0.127. The van der Waals surface area contributed by atoms with Crippen LogP contribution in [-0.2, 0) is 16.0 Å². The first-order chi connectivity index (χ1) is 12.2. The lowest BCUT2D eigenvalue weighted by Gasteiger charge is -2.35. The summed E-state index contributed by atoms with van der Waals surface area (Å²) < 4.78 is 19.3. The first kappa shape index (κ1) is 20.2. The summed E-state index contributed by atoms with van der Waals surface area (Å²) in [6, 6.07) is 0. The molecular formula is C16H23FN4O4S. The van der Waals surface area contributed by atoms with Crippen LogP contribution in [0, 0.1) is 0 Å². The summed E-state index contributed by atoms with van der Waals surface area (Å²) in [5.41, 5.74) is -0.668. The SMILES string of the molecule is CC(C)(C)OC(=O)N1CCN(c2nc(CCC=O)cn(SF)c2=O)CC1. The van der Waals surface area contributed by atoms with Gasteiger partial charge in [-0.3, -0.25) is 4.79 Å². The first-order valence-electron chi connectivity index (χ1n) is 8.33. The lowest BCUT2D eigenvalue weighted by atomic mass is 10.2. The van der Waals surface area contributed by atoms with Crippen LogP contribution in [0.25, 0.3) is 0 Å². The number of anilines is 1. The fourth-order valence-electron chi connectivity index (χ4n) is 2.52. The summed E-state index contributed by atoms with van der Waals surface area (Å²) in [6.07, 6.45) is 2.22. The summed E-state index contributed by atoms with van der Waals surface area (Å²) in [7, 11) is 0. The predicted octanol–water partition coefficient (Wildman–Crippen LogP) is 1.81. The van der Waals surface area contributed by atoms with Crippen molar-refractivity contribution in [2.75, 3.05) is 31.1 Å². The van der Waals surface area contributed by atoms with Gasteiger partial charge in [-0.05, 0) is 27.2 Å². The summed E-state index contributed by atoms with van der Waals surface area (Å²) in [6.45, 7) is 6.91. The molecule has 0 aliphatic carbocycles. The molecular weight excluding hydrogens is 363 g/mol. The van der Waals surface area contributed by atoms with Crippen molar-refractivity contribution in [1.82, 2.24) is 13.9 Å². The third-order valence-corrected chi connectivity index (χ3v) is 4.15. The molecule has 1 saturated heterocycles. The molecule has 0 radical (unpaired) electrons. The molecule has 0 N–H and O–H groups in total. The van der Waals surface area contributed by atoms with Crippen LogP contribution in [-0.4, -0.2) is 58.0 Å². The standard InChI is InChI=1S/C16H23FN4O4S/c1-16(2,3)25-15(24)20-8-6-19(7-9-20)13-14(23)21(26-17)11-12(18-13)5-4-10-22/h10-11H,4-9H2,1-3H3. The molecule has 10 heteroatoms. The van der Waals surface area contributed by atoms with Gasteiger partial charge in [-0.1, -0.05) is 0 Å². The van der Waals surface area contributed by atoms with E-state index in [1.165, 1.54) is 6.20 Å². The Balaban J connectivity index is 2.12. The Morgan fingerprint density at radius 3 is 2.54 bits per heavy atom. The first-order valence-corrected chi connectivity index (χ1v) is 9.00. The van der Waals surface area contributed by atoms with Crippen LogP contribution in [0.2, 0.25) is 0 Å². The normalized spacial score (nSPS) is 15.1. The summed E-state index contributed by atoms with van der Waals surface area (Å²) in [4.78, 5) is 42.6. The maximum Gasteiger partial charge on any atom is 0.410 e. The van der Waals surface area contributed by atoms with Crippen LogP contribution in [0.15, 0.2) is 11.0 Å². The largest absolute Gasteiger partial charge is 0.444 e. The monoisotopic (exact) mass is 386 g/mol. The van der Waals surface area contributed by atoms with Gasteiger partial charge in [0.25, 0.3) is 0 Å². The van der Waals surface area contributed by atoms with Gasteiger partial charge in [0.15, 0.2) is 18.2 Å². The highest BCUT2D eigenvalue weighted by Gasteiger charge is 2.27. The molecule has 0 aromatic carbocycles. The highest BCUT2D eigenvalue weighted by Crippen LogP contribution is 2.16. The Morgan fingerprint density at radius 1 is 1.35 bits per heavy atom. The molecule has 26 heavy (non-hydrogen) atoms. The molecule has 0 unspecified atom stereocenters. The molecule has 1 aliphatic heterocycles. The number of aldehydes is 1. The minimum Gasteiger partial charge on any atom is -0.444 e. The molecule has 1 aromatic rings. The second kappa shape index (κ2) is 8.52. The van der Waals surface area contributed by atoms with Gasteiger partial charge in [0, 0.05) is 38.8 Å². The molecule has 0 atom stereocenters. The Bertz CT molecular complexity index is 711. The van der Waals surface area contributed by atoms with Gasteiger partial charge in [0.2, 0.25) is 0 Å². The fourth-order valence-corrected chi connectivity index (χ4v) is 2.82. The van der Waals surface area contributed by atoms with Crippen LogP contribution < -0.4 is 10.5 Å². The van der Waals surface area contributed by atoms with E-state index in [9.17, 15) is 18.3 Å². The molecule has 0 saturated carbocycles. The van der Waals surface area contributed by atoms with Crippen LogP contribution in [0.5, 0.6) is 0 Å². The molecule has 2 rings (SSSR count). The molecule has 2 heterocycles. The molecule has 8 nitrogen and oxygen atoms in total. The van der Waals surface area contributed by atoms with E-state index in [1.54, 1.807) is 30.6 Å².